The molecule has 0 radical (unpaired) electrons. The van der Waals surface area contributed by atoms with Crippen LogP contribution in [-0.2, 0) is 10.0 Å². The quantitative estimate of drug-likeness (QED) is 0.923. The zero-order chi connectivity index (χ0) is 15.1. The lowest BCUT2D eigenvalue weighted by Crippen LogP contribution is -2.30. The minimum absolute atomic E-state index is 0.187. The van der Waals surface area contributed by atoms with E-state index in [-0.39, 0.29) is 11.8 Å². The SMILES string of the molecule is CC1CN(S(=O)(=O)c2cc(F)ccc2C(=O)O)CC1C. The zero-order valence-corrected chi connectivity index (χ0v) is 12.0. The maximum Gasteiger partial charge on any atom is 0.337 e. The molecule has 7 heteroatoms. The predicted molar refractivity (Wildman–Crippen MR) is 70.4 cm³/mol. The lowest BCUT2D eigenvalue weighted by atomic mass is 10.0. The molecule has 0 amide bonds. The van der Waals surface area contributed by atoms with Gasteiger partial charge < -0.3 is 5.11 Å². The number of carboxylic acids is 1. The monoisotopic (exact) mass is 301 g/mol. The number of benzene rings is 1. The van der Waals surface area contributed by atoms with Gasteiger partial charge in [-0.1, -0.05) is 13.8 Å². The van der Waals surface area contributed by atoms with Crippen LogP contribution in [0.3, 0.4) is 0 Å². The zero-order valence-electron chi connectivity index (χ0n) is 11.2. The Balaban J connectivity index is 2.50. The Morgan fingerprint density at radius 1 is 1.30 bits per heavy atom. The van der Waals surface area contributed by atoms with Crippen molar-refractivity contribution in [3.05, 3.63) is 29.6 Å². The molecule has 110 valence electrons. The van der Waals surface area contributed by atoms with Crippen molar-refractivity contribution in [2.24, 2.45) is 11.8 Å². The van der Waals surface area contributed by atoms with E-state index in [9.17, 15) is 17.6 Å². The first kappa shape index (κ1) is 14.9. The largest absolute Gasteiger partial charge is 0.478 e. The highest BCUT2D eigenvalue weighted by Crippen LogP contribution is 2.29. The van der Waals surface area contributed by atoms with Crippen LogP contribution in [0.4, 0.5) is 4.39 Å². The maximum atomic E-state index is 13.3. The van der Waals surface area contributed by atoms with E-state index in [1.807, 2.05) is 13.8 Å². The summed E-state index contributed by atoms with van der Waals surface area (Å²) in [5.41, 5.74) is -0.404. The Morgan fingerprint density at radius 3 is 2.35 bits per heavy atom. The fourth-order valence-electron chi connectivity index (χ4n) is 2.30. The summed E-state index contributed by atoms with van der Waals surface area (Å²) in [4.78, 5) is 10.6. The van der Waals surface area contributed by atoms with Gasteiger partial charge in [0.15, 0.2) is 0 Å². The molecule has 20 heavy (non-hydrogen) atoms. The predicted octanol–water partition coefficient (Wildman–Crippen LogP) is 1.80. The highest BCUT2D eigenvalue weighted by molar-refractivity contribution is 7.89. The fourth-order valence-corrected chi connectivity index (χ4v) is 4.13. The van der Waals surface area contributed by atoms with Crippen LogP contribution < -0.4 is 0 Å². The smallest absolute Gasteiger partial charge is 0.337 e. The van der Waals surface area contributed by atoms with Crippen LogP contribution in [-0.4, -0.2) is 36.9 Å². The topological polar surface area (TPSA) is 74.7 Å². The molecule has 1 fully saturated rings. The van der Waals surface area contributed by atoms with Crippen LogP contribution >= 0.6 is 0 Å². The average Bonchev–Trinajstić information content (AvgIpc) is 2.70. The lowest BCUT2D eigenvalue weighted by molar-refractivity contribution is 0.0692. The summed E-state index contributed by atoms with van der Waals surface area (Å²) in [6, 6.07) is 2.69. The van der Waals surface area contributed by atoms with Crippen molar-refractivity contribution in [3.63, 3.8) is 0 Å². The summed E-state index contributed by atoms with van der Waals surface area (Å²) in [5.74, 6) is -1.78. The van der Waals surface area contributed by atoms with Gasteiger partial charge in [0.05, 0.1) is 10.5 Å². The number of sulfonamides is 1. The summed E-state index contributed by atoms with van der Waals surface area (Å²) in [6.07, 6.45) is 0. The second kappa shape index (κ2) is 5.14. The molecule has 1 saturated heterocycles. The number of aromatic carboxylic acids is 1. The van der Waals surface area contributed by atoms with Crippen molar-refractivity contribution < 1.29 is 22.7 Å². The van der Waals surface area contributed by atoms with Gasteiger partial charge in [0.25, 0.3) is 0 Å². The van der Waals surface area contributed by atoms with E-state index >= 15 is 0 Å². The maximum absolute atomic E-state index is 13.3. The van der Waals surface area contributed by atoms with E-state index in [4.69, 9.17) is 5.11 Å². The lowest BCUT2D eigenvalue weighted by Gasteiger charge is -2.17. The van der Waals surface area contributed by atoms with E-state index in [0.29, 0.717) is 13.1 Å². The summed E-state index contributed by atoms with van der Waals surface area (Å²) in [6.45, 7) is 4.51. The van der Waals surface area contributed by atoms with Crippen molar-refractivity contribution in [2.45, 2.75) is 18.7 Å². The van der Waals surface area contributed by atoms with Gasteiger partial charge in [-0.25, -0.2) is 17.6 Å². The molecular formula is C13H16FNO4S. The van der Waals surface area contributed by atoms with E-state index in [1.54, 1.807) is 0 Å². The van der Waals surface area contributed by atoms with Gasteiger partial charge in [0.1, 0.15) is 5.82 Å². The van der Waals surface area contributed by atoms with Crippen LogP contribution in [0, 0.1) is 17.7 Å². The van der Waals surface area contributed by atoms with Gasteiger partial charge in [-0.05, 0) is 30.0 Å². The van der Waals surface area contributed by atoms with Crippen molar-refractivity contribution >= 4 is 16.0 Å². The Kier molecular flexibility index (Phi) is 3.84. The van der Waals surface area contributed by atoms with Gasteiger partial charge in [-0.15, -0.1) is 0 Å². The van der Waals surface area contributed by atoms with Crippen LogP contribution in [0.1, 0.15) is 24.2 Å². The molecule has 1 heterocycles. The highest BCUT2D eigenvalue weighted by Gasteiger charge is 2.37. The molecule has 1 aromatic rings. The van der Waals surface area contributed by atoms with Crippen molar-refractivity contribution in [3.8, 4) is 0 Å². The van der Waals surface area contributed by atoms with E-state index < -0.39 is 32.3 Å². The first-order chi connectivity index (χ1) is 9.23. The molecule has 2 atom stereocenters. The Labute approximate surface area is 117 Å². The molecule has 0 aromatic heterocycles. The number of nitrogens with zero attached hydrogens (tertiary/aromatic N) is 1. The molecule has 1 aliphatic rings. The van der Waals surface area contributed by atoms with Crippen molar-refractivity contribution in [1.29, 1.82) is 0 Å². The van der Waals surface area contributed by atoms with Crippen molar-refractivity contribution in [1.82, 2.24) is 4.31 Å². The number of carboxylic acid groups (broad SMARTS) is 1. The second-order valence-electron chi connectivity index (χ2n) is 5.22. The van der Waals surface area contributed by atoms with E-state index in [2.05, 4.69) is 0 Å². The van der Waals surface area contributed by atoms with Gasteiger partial charge in [-0.3, -0.25) is 0 Å². The molecular weight excluding hydrogens is 285 g/mol. The molecule has 5 nitrogen and oxygen atoms in total. The minimum Gasteiger partial charge on any atom is -0.478 e. The first-order valence-electron chi connectivity index (χ1n) is 6.26. The molecule has 1 aliphatic heterocycles. The minimum atomic E-state index is -3.99. The van der Waals surface area contributed by atoms with Crippen molar-refractivity contribution in [2.75, 3.05) is 13.1 Å². The summed E-state index contributed by atoms with van der Waals surface area (Å²) < 4.78 is 39.5. The molecule has 0 bridgehead atoms. The van der Waals surface area contributed by atoms with Crippen LogP contribution in [0.15, 0.2) is 23.1 Å². The summed E-state index contributed by atoms with van der Waals surface area (Å²) in [5, 5.41) is 9.06. The van der Waals surface area contributed by atoms with E-state index in [0.717, 1.165) is 18.2 Å². The third-order valence-electron chi connectivity index (χ3n) is 3.75. The Bertz CT molecular complexity index is 634. The van der Waals surface area contributed by atoms with Crippen LogP contribution in [0.5, 0.6) is 0 Å². The summed E-state index contributed by atoms with van der Waals surface area (Å²) in [7, 11) is -3.99. The third-order valence-corrected chi connectivity index (χ3v) is 5.62. The highest BCUT2D eigenvalue weighted by atomic mass is 32.2. The number of rotatable bonds is 3. The third kappa shape index (κ3) is 2.55. The number of hydrogen-bond donors (Lipinski definition) is 1. The molecule has 0 spiro atoms. The molecule has 2 unspecified atom stereocenters. The molecule has 2 rings (SSSR count). The normalized spacial score (nSPS) is 23.9. The van der Waals surface area contributed by atoms with Gasteiger partial charge in [0, 0.05) is 13.1 Å². The average molecular weight is 301 g/mol. The number of halogens is 1. The van der Waals surface area contributed by atoms with Gasteiger partial charge in [0.2, 0.25) is 10.0 Å². The molecule has 0 aliphatic carbocycles. The number of hydrogen-bond acceptors (Lipinski definition) is 3. The van der Waals surface area contributed by atoms with Crippen LogP contribution in [0.25, 0.3) is 0 Å². The van der Waals surface area contributed by atoms with E-state index in [1.165, 1.54) is 4.31 Å². The fraction of sp³-hybridized carbons (Fsp3) is 0.462. The van der Waals surface area contributed by atoms with Gasteiger partial charge >= 0.3 is 5.97 Å². The molecule has 1 N–H and O–H groups in total. The van der Waals surface area contributed by atoms with Crippen LogP contribution in [0.2, 0.25) is 0 Å². The standard InChI is InChI=1S/C13H16FNO4S/c1-8-6-15(7-9(8)2)20(18,19)12-5-10(14)3-4-11(12)13(16)17/h3-5,8-9H,6-7H2,1-2H3,(H,16,17). The number of carbonyl (C=O) groups is 1. The van der Waals surface area contributed by atoms with Gasteiger partial charge in [-0.2, -0.15) is 4.31 Å². The summed E-state index contributed by atoms with van der Waals surface area (Å²) >= 11 is 0. The molecule has 1 aromatic carbocycles. The molecule has 0 saturated carbocycles. The Morgan fingerprint density at radius 2 is 1.85 bits per heavy atom. The Hall–Kier alpha value is -1.47. The first-order valence-corrected chi connectivity index (χ1v) is 7.70. The second-order valence-corrected chi connectivity index (χ2v) is 7.13.